The Hall–Kier alpha value is -17.8. The summed E-state index contributed by atoms with van der Waals surface area (Å²) in [6.07, 6.45) is 0. The van der Waals surface area contributed by atoms with E-state index in [2.05, 4.69) is 537 Å². The highest BCUT2D eigenvalue weighted by Crippen LogP contribution is 2.46. The van der Waals surface area contributed by atoms with Crippen molar-refractivity contribution in [2.45, 2.75) is 0 Å². The molecule has 0 radical (unpaired) electrons. The van der Waals surface area contributed by atoms with Crippen molar-refractivity contribution in [2.75, 3.05) is 0 Å². The van der Waals surface area contributed by atoms with Crippen LogP contribution in [0.2, 0.25) is 0 Å². The highest BCUT2D eigenvalue weighted by atomic mass is 15.0. The molecule has 0 spiro atoms. The fourth-order valence-electron chi connectivity index (χ4n) is 21.3. The van der Waals surface area contributed by atoms with Crippen LogP contribution in [0.1, 0.15) is 0 Å². The van der Waals surface area contributed by atoms with Crippen LogP contribution in [0.15, 0.2) is 510 Å². The lowest BCUT2D eigenvalue weighted by Gasteiger charge is -2.11. The second-order valence-corrected chi connectivity index (χ2v) is 35.0. The molecule has 134 heavy (non-hydrogen) atoms. The number of fused-ring (bicyclic) bond motifs is 21. The highest BCUT2D eigenvalue weighted by Gasteiger charge is 2.24. The summed E-state index contributed by atoms with van der Waals surface area (Å²) in [4.78, 5) is 0. The van der Waals surface area contributed by atoms with E-state index in [-0.39, 0.29) is 0 Å². The molecule has 0 amide bonds. The van der Waals surface area contributed by atoms with Gasteiger partial charge in [-0.05, 0) is 223 Å². The van der Waals surface area contributed by atoms with Crippen LogP contribution < -0.4 is 0 Å². The lowest BCUT2D eigenvalue weighted by Crippen LogP contribution is -1.95. The summed E-state index contributed by atoms with van der Waals surface area (Å²) in [5.74, 6) is 0. The molecule has 0 saturated carbocycles. The molecule has 0 N–H and O–H groups in total. The van der Waals surface area contributed by atoms with E-state index >= 15 is 0 Å². The van der Waals surface area contributed by atoms with Crippen molar-refractivity contribution >= 4 is 152 Å². The third kappa shape index (κ3) is 13.0. The Morgan fingerprint density at radius 2 is 0.291 bits per heavy atom. The van der Waals surface area contributed by atoms with Crippen molar-refractivity contribution in [1.29, 1.82) is 0 Å². The Labute approximate surface area is 773 Å². The average molecular weight is 1710 g/mol. The fourth-order valence-corrected chi connectivity index (χ4v) is 21.3. The van der Waals surface area contributed by atoms with Crippen molar-refractivity contribution in [2.24, 2.45) is 0 Å². The highest BCUT2D eigenvalue weighted by molar-refractivity contribution is 6.23. The first-order valence-corrected chi connectivity index (χ1v) is 46.1. The summed E-state index contributed by atoms with van der Waals surface area (Å²) in [7, 11) is 0. The Balaban J connectivity index is 0.000000105. The third-order valence-corrected chi connectivity index (χ3v) is 27.5. The Kier molecular flexibility index (Phi) is 18.5. The predicted octanol–water partition coefficient (Wildman–Crippen LogP) is 34.3. The van der Waals surface area contributed by atoms with Crippen molar-refractivity contribution in [3.8, 4) is 89.8 Å². The molecule has 6 nitrogen and oxygen atoms in total. The number of nitrogens with zero attached hydrogens (tertiary/aromatic N) is 6. The zero-order valence-corrected chi connectivity index (χ0v) is 73.2. The number of rotatable bonds is 11. The number of hydrogen-bond donors (Lipinski definition) is 0. The minimum Gasteiger partial charge on any atom is -0.309 e. The standard InChI is InChI=1S/C44H28N2.2C42H28N2/c1-2-10-29(11-3-1)30-20-22-33(23-21-30)45-41-16-8-6-14-37(41)39-28-44-40(27-43(39)45)38-15-7-9-17-42(38)46(44)34-24-25-36-32(26-34)19-18-31-12-4-5-13-35(31)36;1-3-12-29(13-4-1)30-22-24-31(25-23-30)32-14-11-17-34(26-32)44-40-21-10-8-19-36(40)38-27-41-37(28-42(38)44)35-18-7-9-20-39(35)43(41)33-15-5-2-6-16-33;1-3-11-29(12-4-1)30-19-21-31(22-20-30)32-23-25-34(26-24-32)44-40-18-10-8-16-36(40)38-27-41-37(28-42(38)44)35-15-7-9-17-39(35)43(41)33-13-5-2-6-14-33/h1-28H;2*1-28H. The third-order valence-electron chi connectivity index (χ3n) is 27.5. The van der Waals surface area contributed by atoms with Gasteiger partial charge in [0.2, 0.25) is 0 Å². The monoisotopic (exact) mass is 1700 g/mol. The minimum absolute atomic E-state index is 1.16. The number of para-hydroxylation sites is 8. The van der Waals surface area contributed by atoms with Gasteiger partial charge in [0, 0.05) is 98.8 Å². The maximum Gasteiger partial charge on any atom is 0.0548 e. The Morgan fingerprint density at radius 3 is 0.612 bits per heavy atom. The van der Waals surface area contributed by atoms with Crippen molar-refractivity contribution < 1.29 is 0 Å². The van der Waals surface area contributed by atoms with Gasteiger partial charge in [-0.25, -0.2) is 0 Å². The zero-order chi connectivity index (χ0) is 88.3. The topological polar surface area (TPSA) is 29.6 Å². The summed E-state index contributed by atoms with van der Waals surface area (Å²) < 4.78 is 14.5. The van der Waals surface area contributed by atoms with E-state index in [9.17, 15) is 0 Å². The first-order chi connectivity index (χ1) is 66.5. The van der Waals surface area contributed by atoms with Crippen molar-refractivity contribution in [3.63, 3.8) is 0 Å². The average Bonchev–Trinajstić information content (AvgIpc) is 1.61. The normalized spacial score (nSPS) is 11.7. The largest absolute Gasteiger partial charge is 0.309 e. The van der Waals surface area contributed by atoms with Crippen LogP contribution in [0.5, 0.6) is 0 Å². The van der Waals surface area contributed by atoms with Gasteiger partial charge in [-0.2, -0.15) is 0 Å². The molecule has 0 unspecified atom stereocenters. The quantitative estimate of drug-likeness (QED) is 0.116. The molecule has 0 aliphatic heterocycles. The molecule has 6 heterocycles. The molecule has 22 aromatic carbocycles. The first-order valence-electron chi connectivity index (χ1n) is 46.1. The van der Waals surface area contributed by atoms with Gasteiger partial charge in [0.05, 0.1) is 66.2 Å². The molecule has 28 aromatic rings. The van der Waals surface area contributed by atoms with Gasteiger partial charge in [0.15, 0.2) is 0 Å². The van der Waals surface area contributed by atoms with Crippen LogP contribution in [0.4, 0.5) is 0 Å². The Morgan fingerprint density at radius 1 is 0.0896 bits per heavy atom. The van der Waals surface area contributed by atoms with Crippen LogP contribution >= 0.6 is 0 Å². The van der Waals surface area contributed by atoms with E-state index in [0.717, 1.165) is 17.1 Å². The van der Waals surface area contributed by atoms with Crippen LogP contribution in [0, 0.1) is 0 Å². The van der Waals surface area contributed by atoms with E-state index in [1.165, 1.54) is 225 Å². The molecular weight excluding hydrogens is 1620 g/mol. The SMILES string of the molecule is c1ccc(-c2ccc(-c3ccc(-n4c5ccccc5c5cc6c(cc54)c4ccccc4n6-c4ccccc4)cc3)cc2)cc1.c1ccc(-c2ccc(-c3cccc(-n4c5ccccc5c5cc6c(cc54)c4ccccc4n6-c4ccccc4)c3)cc2)cc1.c1ccc(-c2ccc(-n3c4ccccc4c4cc5c(cc43)c3ccccc3n5-c3ccc4c(ccc5ccccc54)c3)cc2)cc1. The molecule has 0 aliphatic rings. The summed E-state index contributed by atoms with van der Waals surface area (Å²) >= 11 is 0. The molecule has 6 aromatic heterocycles. The molecule has 0 saturated heterocycles. The second-order valence-electron chi connectivity index (χ2n) is 35.0. The molecule has 626 valence electrons. The summed E-state index contributed by atoms with van der Waals surface area (Å²) in [5, 5.41) is 20.2. The minimum atomic E-state index is 1.16. The number of hydrogen-bond acceptors (Lipinski definition) is 0. The van der Waals surface area contributed by atoms with Gasteiger partial charge < -0.3 is 27.4 Å². The summed E-state index contributed by atoms with van der Waals surface area (Å²) in [6.45, 7) is 0. The van der Waals surface area contributed by atoms with E-state index in [4.69, 9.17) is 0 Å². The van der Waals surface area contributed by atoms with Crippen molar-refractivity contribution in [3.05, 3.63) is 510 Å². The smallest absolute Gasteiger partial charge is 0.0548 e. The van der Waals surface area contributed by atoms with Crippen LogP contribution in [-0.4, -0.2) is 27.4 Å². The van der Waals surface area contributed by atoms with Gasteiger partial charge in [-0.3, -0.25) is 0 Å². The maximum atomic E-state index is 2.44. The fraction of sp³-hybridized carbons (Fsp3) is 0. The van der Waals surface area contributed by atoms with E-state index in [1.54, 1.807) is 0 Å². The van der Waals surface area contributed by atoms with Gasteiger partial charge in [-0.15, -0.1) is 0 Å². The van der Waals surface area contributed by atoms with E-state index < -0.39 is 0 Å². The van der Waals surface area contributed by atoms with Crippen LogP contribution in [-0.2, 0) is 0 Å². The Bertz CT molecular complexity index is 9430. The number of benzene rings is 22. The van der Waals surface area contributed by atoms with Gasteiger partial charge in [-0.1, -0.05) is 364 Å². The lowest BCUT2D eigenvalue weighted by molar-refractivity contribution is 1.17. The molecule has 0 fully saturated rings. The van der Waals surface area contributed by atoms with Gasteiger partial charge in [0.1, 0.15) is 0 Å². The van der Waals surface area contributed by atoms with Crippen molar-refractivity contribution in [1.82, 2.24) is 27.4 Å². The van der Waals surface area contributed by atoms with E-state index in [0.29, 0.717) is 0 Å². The first kappa shape index (κ1) is 77.3. The molecule has 6 heteroatoms. The van der Waals surface area contributed by atoms with E-state index in [1.807, 2.05) is 0 Å². The molecule has 0 atom stereocenters. The second kappa shape index (κ2) is 32.1. The maximum absolute atomic E-state index is 2.44. The number of aromatic nitrogens is 6. The predicted molar refractivity (Wildman–Crippen MR) is 568 cm³/mol. The molecule has 28 rings (SSSR count). The van der Waals surface area contributed by atoms with Crippen LogP contribution in [0.25, 0.3) is 242 Å². The molecular formula is C128H84N6. The summed E-state index contributed by atoms with van der Waals surface area (Å²) in [6, 6.07) is 185. The zero-order valence-electron chi connectivity index (χ0n) is 73.2. The molecule has 0 bridgehead atoms. The molecule has 0 aliphatic carbocycles. The summed E-state index contributed by atoms with van der Waals surface area (Å²) in [5.41, 5.74) is 33.8. The van der Waals surface area contributed by atoms with Crippen LogP contribution in [0.3, 0.4) is 0 Å². The van der Waals surface area contributed by atoms with Gasteiger partial charge in [0.25, 0.3) is 0 Å². The van der Waals surface area contributed by atoms with Gasteiger partial charge >= 0.3 is 0 Å². The lowest BCUT2D eigenvalue weighted by atomic mass is 10.00.